The minimum absolute atomic E-state index is 0.108. The van der Waals surface area contributed by atoms with Gasteiger partial charge in [-0.05, 0) is 56.5 Å². The molecule has 3 N–H and O–H groups in total. The van der Waals surface area contributed by atoms with Gasteiger partial charge in [0, 0.05) is 46.0 Å². The number of aliphatic hydroxyl groups excluding tert-OH is 1. The molecule has 1 aliphatic carbocycles. The summed E-state index contributed by atoms with van der Waals surface area (Å²) in [5.41, 5.74) is 4.77. The SMILES string of the molecule is CC1=C(C(=O)Nc2nc3ccccc3s2)C(c2cccc(Br)c2)C2=C(CCCC2=O)N1.CCO. The zero-order valence-corrected chi connectivity index (χ0v) is 21.4. The number of aromatic nitrogens is 1. The third kappa shape index (κ3) is 4.99. The number of ketones is 1. The summed E-state index contributed by atoms with van der Waals surface area (Å²) < 4.78 is 1.93. The number of carbonyl (C=O) groups is 2. The molecule has 0 spiro atoms. The number of halogens is 1. The molecule has 0 radical (unpaired) electrons. The van der Waals surface area contributed by atoms with Crippen LogP contribution >= 0.6 is 27.3 Å². The molecule has 6 nitrogen and oxygen atoms in total. The van der Waals surface area contributed by atoms with Gasteiger partial charge < -0.3 is 10.4 Å². The molecular formula is C26H26BrN3O3S. The molecule has 8 heteroatoms. The van der Waals surface area contributed by atoms with Crippen molar-refractivity contribution in [2.75, 3.05) is 11.9 Å². The highest BCUT2D eigenvalue weighted by molar-refractivity contribution is 9.10. The number of thiazole rings is 1. The quantitative estimate of drug-likeness (QED) is 0.399. The highest BCUT2D eigenvalue weighted by atomic mass is 79.9. The van der Waals surface area contributed by atoms with Gasteiger partial charge in [-0.3, -0.25) is 14.9 Å². The maximum absolute atomic E-state index is 13.5. The lowest BCUT2D eigenvalue weighted by Gasteiger charge is -2.34. The van der Waals surface area contributed by atoms with Gasteiger partial charge in [-0.1, -0.05) is 51.5 Å². The van der Waals surface area contributed by atoms with Gasteiger partial charge in [0.25, 0.3) is 5.91 Å². The van der Waals surface area contributed by atoms with Crippen molar-refractivity contribution in [3.05, 3.63) is 81.1 Å². The zero-order chi connectivity index (χ0) is 24.2. The van der Waals surface area contributed by atoms with E-state index in [1.54, 1.807) is 6.92 Å². The van der Waals surface area contributed by atoms with E-state index in [-0.39, 0.29) is 18.3 Å². The van der Waals surface area contributed by atoms with Crippen LogP contribution in [-0.2, 0) is 9.59 Å². The Morgan fingerprint density at radius 1 is 1.24 bits per heavy atom. The van der Waals surface area contributed by atoms with Crippen LogP contribution < -0.4 is 10.6 Å². The Hall–Kier alpha value is -2.81. The van der Waals surface area contributed by atoms with E-state index in [0.717, 1.165) is 44.5 Å². The smallest absolute Gasteiger partial charge is 0.256 e. The van der Waals surface area contributed by atoms with Crippen LogP contribution in [0, 0.1) is 0 Å². The molecular weight excluding hydrogens is 514 g/mol. The van der Waals surface area contributed by atoms with Crippen molar-refractivity contribution < 1.29 is 14.7 Å². The molecule has 1 unspecified atom stereocenters. The predicted molar refractivity (Wildman–Crippen MR) is 140 cm³/mol. The Morgan fingerprint density at radius 2 is 2.00 bits per heavy atom. The molecule has 1 aromatic heterocycles. The van der Waals surface area contributed by atoms with Gasteiger partial charge in [0.1, 0.15) is 0 Å². The monoisotopic (exact) mass is 539 g/mol. The highest BCUT2D eigenvalue weighted by Crippen LogP contribution is 2.43. The largest absolute Gasteiger partial charge is 0.397 e. The summed E-state index contributed by atoms with van der Waals surface area (Å²) in [6.07, 6.45) is 2.16. The molecule has 2 heterocycles. The summed E-state index contributed by atoms with van der Waals surface area (Å²) in [5.74, 6) is -0.536. The molecule has 0 saturated heterocycles. The average molecular weight is 540 g/mol. The minimum Gasteiger partial charge on any atom is -0.397 e. The summed E-state index contributed by atoms with van der Waals surface area (Å²) >= 11 is 4.98. The van der Waals surface area contributed by atoms with E-state index < -0.39 is 5.92 Å². The van der Waals surface area contributed by atoms with Crippen LogP contribution in [0.1, 0.15) is 44.6 Å². The first kappa shape index (κ1) is 24.3. The van der Waals surface area contributed by atoms with Crippen LogP contribution in [0.4, 0.5) is 5.13 Å². The number of Topliss-reactive ketones (excluding diaryl/α,β-unsaturated/α-hetero) is 1. The lowest BCUT2D eigenvalue weighted by Crippen LogP contribution is -2.35. The molecule has 2 aromatic carbocycles. The second-order valence-corrected chi connectivity index (χ2v) is 10.0. The number of nitrogens with zero attached hydrogens (tertiary/aromatic N) is 1. The molecule has 0 bridgehead atoms. The summed E-state index contributed by atoms with van der Waals surface area (Å²) in [7, 11) is 0. The van der Waals surface area contributed by atoms with Crippen LogP contribution in [0.25, 0.3) is 10.2 Å². The Balaban J connectivity index is 0.000000868. The lowest BCUT2D eigenvalue weighted by atomic mass is 9.75. The summed E-state index contributed by atoms with van der Waals surface area (Å²) in [6, 6.07) is 15.6. The fourth-order valence-corrected chi connectivity index (χ4v) is 5.67. The molecule has 1 atom stereocenters. The van der Waals surface area contributed by atoms with Crippen molar-refractivity contribution in [3.8, 4) is 0 Å². The molecule has 0 fully saturated rings. The summed E-state index contributed by atoms with van der Waals surface area (Å²) in [6.45, 7) is 3.83. The molecule has 2 aliphatic rings. The van der Waals surface area contributed by atoms with Crippen LogP contribution in [0.3, 0.4) is 0 Å². The van der Waals surface area contributed by atoms with Gasteiger partial charge in [0.05, 0.1) is 10.2 Å². The first-order chi connectivity index (χ1) is 16.4. The number of anilines is 1. The predicted octanol–water partition coefficient (Wildman–Crippen LogP) is 5.66. The number of hydrogen-bond donors (Lipinski definition) is 3. The van der Waals surface area contributed by atoms with E-state index in [4.69, 9.17) is 5.11 Å². The maximum Gasteiger partial charge on any atom is 0.256 e. The van der Waals surface area contributed by atoms with E-state index in [2.05, 4.69) is 31.5 Å². The third-order valence-corrected chi connectivity index (χ3v) is 7.16. The van der Waals surface area contributed by atoms with Crippen LogP contribution in [0.2, 0.25) is 0 Å². The van der Waals surface area contributed by atoms with E-state index in [1.807, 2.05) is 55.5 Å². The number of aliphatic hydroxyl groups is 1. The topological polar surface area (TPSA) is 91.3 Å². The Morgan fingerprint density at radius 3 is 2.74 bits per heavy atom. The molecule has 1 amide bonds. The van der Waals surface area contributed by atoms with Crippen molar-refractivity contribution in [2.45, 2.75) is 39.0 Å². The Bertz CT molecular complexity index is 1280. The van der Waals surface area contributed by atoms with Crippen molar-refractivity contribution >= 4 is 54.3 Å². The number of allylic oxidation sites excluding steroid dienone is 3. The first-order valence-electron chi connectivity index (χ1n) is 11.2. The van der Waals surface area contributed by atoms with Crippen molar-refractivity contribution in [1.29, 1.82) is 0 Å². The van der Waals surface area contributed by atoms with Crippen molar-refractivity contribution in [2.24, 2.45) is 0 Å². The number of rotatable bonds is 3. The van der Waals surface area contributed by atoms with Gasteiger partial charge in [0.15, 0.2) is 10.9 Å². The fraction of sp³-hybridized carbons (Fsp3) is 0.269. The number of nitrogens with one attached hydrogen (secondary N) is 2. The van der Waals surface area contributed by atoms with Gasteiger partial charge in [0.2, 0.25) is 0 Å². The number of fused-ring (bicyclic) bond motifs is 1. The second kappa shape index (κ2) is 10.6. The van der Waals surface area contributed by atoms with Gasteiger partial charge in [-0.25, -0.2) is 4.98 Å². The number of para-hydroxylation sites is 1. The lowest BCUT2D eigenvalue weighted by molar-refractivity contribution is -0.116. The van der Waals surface area contributed by atoms with Crippen molar-refractivity contribution in [1.82, 2.24) is 10.3 Å². The van der Waals surface area contributed by atoms with Crippen LogP contribution in [0.15, 0.2) is 75.5 Å². The molecule has 176 valence electrons. The molecule has 3 aromatic rings. The maximum atomic E-state index is 13.5. The number of dihydropyridines is 1. The minimum atomic E-state index is -0.407. The van der Waals surface area contributed by atoms with E-state index in [0.29, 0.717) is 22.7 Å². The Kier molecular flexibility index (Phi) is 7.60. The Labute approximate surface area is 210 Å². The highest BCUT2D eigenvalue weighted by Gasteiger charge is 2.38. The molecule has 5 rings (SSSR count). The zero-order valence-electron chi connectivity index (χ0n) is 19.0. The summed E-state index contributed by atoms with van der Waals surface area (Å²) in [4.78, 5) is 31.0. The van der Waals surface area contributed by atoms with Crippen LogP contribution in [-0.4, -0.2) is 28.4 Å². The van der Waals surface area contributed by atoms with E-state index >= 15 is 0 Å². The van der Waals surface area contributed by atoms with E-state index in [9.17, 15) is 9.59 Å². The number of benzene rings is 2. The third-order valence-electron chi connectivity index (χ3n) is 5.72. The van der Waals surface area contributed by atoms with Gasteiger partial charge in [-0.15, -0.1) is 0 Å². The fourth-order valence-electron chi connectivity index (χ4n) is 4.39. The number of amides is 1. The molecule has 0 saturated carbocycles. The summed E-state index contributed by atoms with van der Waals surface area (Å²) in [5, 5.41) is 14.5. The number of carbonyl (C=O) groups excluding carboxylic acids is 2. The van der Waals surface area contributed by atoms with Crippen molar-refractivity contribution in [3.63, 3.8) is 0 Å². The van der Waals surface area contributed by atoms with E-state index in [1.165, 1.54) is 11.3 Å². The molecule has 1 aliphatic heterocycles. The first-order valence-corrected chi connectivity index (χ1v) is 12.8. The number of hydrogen-bond acceptors (Lipinski definition) is 6. The average Bonchev–Trinajstić information content (AvgIpc) is 3.21. The normalized spacial score (nSPS) is 17.6. The van der Waals surface area contributed by atoms with Crippen LogP contribution in [0.5, 0.6) is 0 Å². The standard InChI is InChI=1S/C24H20BrN3O2S.C2H6O/c1-13-20(23(30)28-24-27-16-8-2-3-11-19(16)31-24)21(14-6-4-7-15(25)12-14)22-17(26-13)9-5-10-18(22)29;1-2-3/h2-4,6-8,11-12,21,26H,5,9-10H2,1H3,(H,27,28,30);3H,2H2,1H3. The molecule has 34 heavy (non-hydrogen) atoms. The van der Waals surface area contributed by atoms with Gasteiger partial charge in [-0.2, -0.15) is 0 Å². The second-order valence-electron chi connectivity index (χ2n) is 8.08. The van der Waals surface area contributed by atoms with Gasteiger partial charge >= 0.3 is 0 Å².